The van der Waals surface area contributed by atoms with Crippen LogP contribution in [-0.4, -0.2) is 51.3 Å². The van der Waals surface area contributed by atoms with E-state index in [1.807, 2.05) is 6.92 Å². The molecule has 0 aliphatic rings. The fourth-order valence-electron chi connectivity index (χ4n) is 3.30. The summed E-state index contributed by atoms with van der Waals surface area (Å²) in [6, 6.07) is 4.23. The molecule has 8 nitrogen and oxygen atoms in total. The van der Waals surface area contributed by atoms with E-state index in [2.05, 4.69) is 14.7 Å². The third-order valence-electron chi connectivity index (χ3n) is 4.80. The number of H-pyrrole nitrogens is 1. The van der Waals surface area contributed by atoms with Gasteiger partial charge in [0, 0.05) is 25.8 Å². The van der Waals surface area contributed by atoms with E-state index in [1.165, 1.54) is 28.4 Å². The van der Waals surface area contributed by atoms with Crippen LogP contribution in [0.1, 0.15) is 13.3 Å². The average molecular weight is 494 g/mol. The molecule has 0 bridgehead atoms. The Hall–Kier alpha value is -3.29. The van der Waals surface area contributed by atoms with Gasteiger partial charge in [0.25, 0.3) is 11.7 Å². The van der Waals surface area contributed by atoms with Crippen molar-refractivity contribution in [2.24, 2.45) is 0 Å². The van der Waals surface area contributed by atoms with Gasteiger partial charge in [-0.2, -0.15) is 22.0 Å². The zero-order valence-electron chi connectivity index (χ0n) is 18.0. The number of imidazole rings is 1. The Morgan fingerprint density at radius 1 is 1.06 bits per heavy atom. The standard InChI is InChI=1S/C20H20F6N4O4/c1-3-8-30-15-13(16(31)28-18(30)32)29(9-10-33-2)14(27-15)11-4-6-12(7-5-11)34-20(25,26)17(21)19(22,23)24/h4-7,17H,3,8-10H2,1-2H3,(H,28,31,32)/t17-/m1/s1. The van der Waals surface area contributed by atoms with Crippen molar-refractivity contribution in [3.63, 3.8) is 0 Å². The van der Waals surface area contributed by atoms with E-state index in [1.54, 1.807) is 0 Å². The monoisotopic (exact) mass is 494 g/mol. The Bertz CT molecular complexity index is 1260. The lowest BCUT2D eigenvalue weighted by atomic mass is 10.2. The summed E-state index contributed by atoms with van der Waals surface area (Å²) in [7, 11) is 1.43. The molecule has 0 fully saturated rings. The van der Waals surface area contributed by atoms with Crippen molar-refractivity contribution in [3.8, 4) is 17.1 Å². The van der Waals surface area contributed by atoms with Gasteiger partial charge in [0.1, 0.15) is 11.6 Å². The Kier molecular flexibility index (Phi) is 7.10. The van der Waals surface area contributed by atoms with Crippen LogP contribution in [0.25, 0.3) is 22.6 Å². The highest BCUT2D eigenvalue weighted by molar-refractivity contribution is 5.77. The number of aryl methyl sites for hydroxylation is 1. The molecule has 0 saturated carbocycles. The van der Waals surface area contributed by atoms with Crippen LogP contribution in [0, 0.1) is 0 Å². The van der Waals surface area contributed by atoms with Crippen LogP contribution in [0.3, 0.4) is 0 Å². The quantitative estimate of drug-likeness (QED) is 0.460. The molecule has 1 aromatic carbocycles. The largest absolute Gasteiger partial charge is 0.439 e. The molecule has 0 unspecified atom stereocenters. The van der Waals surface area contributed by atoms with Gasteiger partial charge in [-0.1, -0.05) is 6.92 Å². The van der Waals surface area contributed by atoms with E-state index in [4.69, 9.17) is 4.74 Å². The van der Waals surface area contributed by atoms with Crippen LogP contribution in [0.15, 0.2) is 33.9 Å². The molecule has 0 radical (unpaired) electrons. The van der Waals surface area contributed by atoms with E-state index < -0.39 is 35.5 Å². The third kappa shape index (κ3) is 4.95. The van der Waals surface area contributed by atoms with Crippen molar-refractivity contribution in [2.75, 3.05) is 13.7 Å². The van der Waals surface area contributed by atoms with Crippen LogP contribution in [-0.2, 0) is 17.8 Å². The Balaban J connectivity index is 2.06. The van der Waals surface area contributed by atoms with Crippen molar-refractivity contribution < 1.29 is 35.8 Å². The van der Waals surface area contributed by atoms with Gasteiger partial charge < -0.3 is 14.0 Å². The molecule has 3 aromatic rings. The zero-order chi connectivity index (χ0) is 25.3. The molecule has 14 heteroatoms. The number of aromatic nitrogens is 4. The van der Waals surface area contributed by atoms with Gasteiger partial charge in [0.05, 0.1) is 6.61 Å². The second-order valence-corrected chi connectivity index (χ2v) is 7.26. The van der Waals surface area contributed by atoms with Gasteiger partial charge in [-0.05, 0) is 30.7 Å². The maximum atomic E-state index is 13.5. The van der Waals surface area contributed by atoms with E-state index in [9.17, 15) is 35.9 Å². The van der Waals surface area contributed by atoms with Crippen molar-refractivity contribution in [1.29, 1.82) is 0 Å². The molecule has 3 rings (SSSR count). The lowest BCUT2D eigenvalue weighted by molar-refractivity contribution is -0.304. The molecule has 0 spiro atoms. The summed E-state index contributed by atoms with van der Waals surface area (Å²) in [4.78, 5) is 31.4. The highest BCUT2D eigenvalue weighted by Gasteiger charge is 2.59. The summed E-state index contributed by atoms with van der Waals surface area (Å²) < 4.78 is 88.9. The van der Waals surface area contributed by atoms with E-state index >= 15 is 0 Å². The molecule has 2 aromatic heterocycles. The number of ether oxygens (including phenoxy) is 2. The van der Waals surface area contributed by atoms with Gasteiger partial charge in [-0.25, -0.2) is 14.2 Å². The van der Waals surface area contributed by atoms with Crippen molar-refractivity contribution in [1.82, 2.24) is 19.1 Å². The van der Waals surface area contributed by atoms with Gasteiger partial charge in [0.2, 0.25) is 0 Å². The van der Waals surface area contributed by atoms with Crippen LogP contribution >= 0.6 is 0 Å². The first-order valence-electron chi connectivity index (χ1n) is 10.0. The molecular formula is C20H20F6N4O4. The summed E-state index contributed by atoms with van der Waals surface area (Å²) >= 11 is 0. The molecule has 0 amide bonds. The second kappa shape index (κ2) is 9.52. The summed E-state index contributed by atoms with van der Waals surface area (Å²) in [5.41, 5.74) is -0.899. The van der Waals surface area contributed by atoms with Crippen LogP contribution in [0.4, 0.5) is 26.3 Å². The number of nitrogens with zero attached hydrogens (tertiary/aromatic N) is 3. The molecule has 0 aliphatic carbocycles. The normalized spacial score (nSPS) is 13.4. The highest BCUT2D eigenvalue weighted by atomic mass is 19.4. The van der Waals surface area contributed by atoms with Crippen LogP contribution < -0.4 is 16.0 Å². The Morgan fingerprint density at radius 2 is 1.71 bits per heavy atom. The topological polar surface area (TPSA) is 91.1 Å². The van der Waals surface area contributed by atoms with Crippen molar-refractivity contribution >= 4 is 11.2 Å². The SMILES string of the molecule is CCCn1c(=O)[nH]c(=O)c2c1nc(-c1ccc(OC(F)(F)[C@H](F)C(F)(F)F)cc1)n2CCOC. The fourth-order valence-corrected chi connectivity index (χ4v) is 3.30. The number of fused-ring (bicyclic) bond motifs is 1. The first-order valence-corrected chi connectivity index (χ1v) is 10.0. The lowest BCUT2D eigenvalue weighted by Gasteiger charge is -2.23. The van der Waals surface area contributed by atoms with Gasteiger partial charge in [-0.15, -0.1) is 0 Å². The third-order valence-corrected chi connectivity index (χ3v) is 4.80. The number of hydrogen-bond acceptors (Lipinski definition) is 5. The Labute approximate surface area is 187 Å². The van der Waals surface area contributed by atoms with Gasteiger partial charge in [-0.3, -0.25) is 14.3 Å². The molecule has 1 atom stereocenters. The predicted molar refractivity (Wildman–Crippen MR) is 109 cm³/mol. The maximum Gasteiger partial charge on any atom is 0.439 e. The van der Waals surface area contributed by atoms with Crippen LogP contribution in [0.2, 0.25) is 0 Å². The number of aromatic amines is 1. The summed E-state index contributed by atoms with van der Waals surface area (Å²) in [6.07, 6.45) is -14.9. The number of hydrogen-bond donors (Lipinski definition) is 1. The molecule has 1 N–H and O–H groups in total. The number of alkyl halides is 6. The molecular weight excluding hydrogens is 474 g/mol. The highest BCUT2D eigenvalue weighted by Crippen LogP contribution is 2.37. The first-order chi connectivity index (χ1) is 15.9. The minimum absolute atomic E-state index is 0.0809. The Morgan fingerprint density at radius 3 is 2.26 bits per heavy atom. The first kappa shape index (κ1) is 25.3. The van der Waals surface area contributed by atoms with Gasteiger partial charge >= 0.3 is 18.0 Å². The number of benzene rings is 1. The van der Waals surface area contributed by atoms with Crippen LogP contribution in [0.5, 0.6) is 5.75 Å². The molecule has 186 valence electrons. The van der Waals surface area contributed by atoms with Crippen molar-refractivity contribution in [3.05, 3.63) is 45.1 Å². The number of nitrogens with one attached hydrogen (secondary N) is 1. The minimum atomic E-state index is -5.81. The zero-order valence-corrected chi connectivity index (χ0v) is 18.0. The van der Waals surface area contributed by atoms with E-state index in [-0.39, 0.29) is 42.2 Å². The summed E-state index contributed by atoms with van der Waals surface area (Å²) in [5.74, 6) is -0.550. The number of halogens is 6. The van der Waals surface area contributed by atoms with E-state index in [0.717, 1.165) is 12.1 Å². The average Bonchev–Trinajstić information content (AvgIpc) is 3.14. The van der Waals surface area contributed by atoms with Gasteiger partial charge in [0.15, 0.2) is 11.2 Å². The fraction of sp³-hybridized carbons (Fsp3) is 0.450. The van der Waals surface area contributed by atoms with E-state index in [0.29, 0.717) is 6.42 Å². The number of methoxy groups -OCH3 is 1. The lowest BCUT2D eigenvalue weighted by Crippen LogP contribution is -2.45. The molecule has 0 aliphatic heterocycles. The molecule has 0 saturated heterocycles. The second-order valence-electron chi connectivity index (χ2n) is 7.26. The summed E-state index contributed by atoms with van der Waals surface area (Å²) in [6.45, 7) is 2.38. The molecule has 34 heavy (non-hydrogen) atoms. The summed E-state index contributed by atoms with van der Waals surface area (Å²) in [5, 5.41) is 0. The minimum Gasteiger partial charge on any atom is -0.430 e. The number of rotatable bonds is 9. The molecule has 2 heterocycles. The van der Waals surface area contributed by atoms with Crippen molar-refractivity contribution in [2.45, 2.75) is 44.9 Å². The maximum absolute atomic E-state index is 13.5. The smallest absolute Gasteiger partial charge is 0.430 e. The predicted octanol–water partition coefficient (Wildman–Crippen LogP) is 3.48.